The van der Waals surface area contributed by atoms with Gasteiger partial charge in [0.25, 0.3) is 0 Å². The van der Waals surface area contributed by atoms with Crippen LogP contribution in [0, 0.1) is 0 Å². The summed E-state index contributed by atoms with van der Waals surface area (Å²) in [5.41, 5.74) is 1.16. The lowest BCUT2D eigenvalue weighted by Crippen LogP contribution is -2.35. The molecule has 2 rings (SSSR count). The highest BCUT2D eigenvalue weighted by molar-refractivity contribution is 5.08. The van der Waals surface area contributed by atoms with Crippen LogP contribution in [-0.4, -0.2) is 36.1 Å². The van der Waals surface area contributed by atoms with E-state index in [0.717, 1.165) is 18.8 Å². The highest BCUT2D eigenvalue weighted by Crippen LogP contribution is 2.20. The predicted molar refractivity (Wildman–Crippen MR) is 61.7 cm³/mol. The molecule has 0 amide bonds. The van der Waals surface area contributed by atoms with E-state index in [1.807, 2.05) is 12.3 Å². The normalized spacial score (nSPS) is 23.3. The van der Waals surface area contributed by atoms with Crippen molar-refractivity contribution >= 4 is 0 Å². The van der Waals surface area contributed by atoms with Gasteiger partial charge in [-0.05, 0) is 39.1 Å². The molecule has 1 fully saturated rings. The Kier molecular flexibility index (Phi) is 3.34. The van der Waals surface area contributed by atoms with E-state index in [2.05, 4.69) is 41.3 Å². The van der Waals surface area contributed by atoms with Gasteiger partial charge in [0, 0.05) is 24.8 Å². The molecule has 2 atom stereocenters. The molecule has 15 heavy (non-hydrogen) atoms. The molecule has 0 saturated carbocycles. The minimum atomic E-state index is 0.399. The quantitative estimate of drug-likeness (QED) is 0.809. The zero-order chi connectivity index (χ0) is 10.7. The Morgan fingerprint density at radius 3 is 3.00 bits per heavy atom. The molecule has 1 N–H and O–H groups in total. The minimum absolute atomic E-state index is 0.399. The summed E-state index contributed by atoms with van der Waals surface area (Å²) in [6, 6.07) is 7.18. The summed E-state index contributed by atoms with van der Waals surface area (Å²) < 4.78 is 0. The van der Waals surface area contributed by atoms with Crippen molar-refractivity contribution in [1.29, 1.82) is 0 Å². The van der Waals surface area contributed by atoms with Gasteiger partial charge in [-0.3, -0.25) is 9.88 Å². The molecule has 0 radical (unpaired) electrons. The SMILES string of the molecule is CC(c1ccccn1)N(C)[C@@H]1CCNC1. The van der Waals surface area contributed by atoms with Gasteiger partial charge in [0.2, 0.25) is 0 Å². The molecular formula is C12H19N3. The second-order valence-corrected chi connectivity index (χ2v) is 4.24. The minimum Gasteiger partial charge on any atom is -0.315 e. The van der Waals surface area contributed by atoms with Crippen LogP contribution in [0.2, 0.25) is 0 Å². The van der Waals surface area contributed by atoms with E-state index in [4.69, 9.17) is 0 Å². The number of nitrogens with zero attached hydrogens (tertiary/aromatic N) is 2. The van der Waals surface area contributed by atoms with E-state index in [1.165, 1.54) is 6.42 Å². The van der Waals surface area contributed by atoms with E-state index in [-0.39, 0.29) is 0 Å². The lowest BCUT2D eigenvalue weighted by molar-refractivity contribution is 0.193. The smallest absolute Gasteiger partial charge is 0.0572 e. The molecule has 3 heteroatoms. The summed E-state index contributed by atoms with van der Waals surface area (Å²) >= 11 is 0. The lowest BCUT2D eigenvalue weighted by Gasteiger charge is -2.29. The van der Waals surface area contributed by atoms with Gasteiger partial charge in [-0.15, -0.1) is 0 Å². The number of likely N-dealkylation sites (N-methyl/N-ethyl adjacent to an activating group) is 1. The van der Waals surface area contributed by atoms with Crippen LogP contribution >= 0.6 is 0 Å². The third kappa shape index (κ3) is 2.36. The Balaban J connectivity index is 2.03. The first-order valence-electron chi connectivity index (χ1n) is 5.62. The van der Waals surface area contributed by atoms with Crippen molar-refractivity contribution in [3.05, 3.63) is 30.1 Å². The fourth-order valence-corrected chi connectivity index (χ4v) is 2.13. The molecule has 2 heterocycles. The monoisotopic (exact) mass is 205 g/mol. The van der Waals surface area contributed by atoms with E-state index < -0.39 is 0 Å². The summed E-state index contributed by atoms with van der Waals surface area (Å²) in [7, 11) is 2.19. The van der Waals surface area contributed by atoms with Crippen LogP contribution in [0.1, 0.15) is 25.1 Å². The molecule has 0 spiro atoms. The average molecular weight is 205 g/mol. The highest BCUT2D eigenvalue weighted by atomic mass is 15.2. The van der Waals surface area contributed by atoms with Gasteiger partial charge < -0.3 is 5.32 Å². The maximum atomic E-state index is 4.41. The number of rotatable bonds is 3. The first kappa shape index (κ1) is 10.6. The Morgan fingerprint density at radius 2 is 2.40 bits per heavy atom. The van der Waals surface area contributed by atoms with E-state index in [9.17, 15) is 0 Å². The van der Waals surface area contributed by atoms with Crippen LogP contribution in [0.25, 0.3) is 0 Å². The topological polar surface area (TPSA) is 28.2 Å². The molecule has 1 aromatic rings. The van der Waals surface area contributed by atoms with Crippen LogP contribution in [0.15, 0.2) is 24.4 Å². The number of nitrogens with one attached hydrogen (secondary N) is 1. The Labute approximate surface area is 91.5 Å². The van der Waals surface area contributed by atoms with Crippen molar-refractivity contribution in [2.75, 3.05) is 20.1 Å². The summed E-state index contributed by atoms with van der Waals surface area (Å²) in [6.45, 7) is 4.47. The van der Waals surface area contributed by atoms with Crippen molar-refractivity contribution in [2.24, 2.45) is 0 Å². The van der Waals surface area contributed by atoms with Gasteiger partial charge in [0.1, 0.15) is 0 Å². The van der Waals surface area contributed by atoms with Gasteiger partial charge in [-0.25, -0.2) is 0 Å². The molecular weight excluding hydrogens is 186 g/mol. The second-order valence-electron chi connectivity index (χ2n) is 4.24. The average Bonchev–Trinajstić information content (AvgIpc) is 2.82. The Hall–Kier alpha value is -0.930. The van der Waals surface area contributed by atoms with Crippen LogP contribution in [0.4, 0.5) is 0 Å². The van der Waals surface area contributed by atoms with Crippen LogP contribution in [0.3, 0.4) is 0 Å². The van der Waals surface area contributed by atoms with Crippen molar-refractivity contribution < 1.29 is 0 Å². The highest BCUT2D eigenvalue weighted by Gasteiger charge is 2.24. The summed E-state index contributed by atoms with van der Waals surface area (Å²) in [5, 5.41) is 3.40. The largest absolute Gasteiger partial charge is 0.315 e. The van der Waals surface area contributed by atoms with Crippen LogP contribution < -0.4 is 5.32 Å². The molecule has 82 valence electrons. The molecule has 0 aromatic carbocycles. The maximum Gasteiger partial charge on any atom is 0.0572 e. The van der Waals surface area contributed by atoms with Crippen molar-refractivity contribution in [3.63, 3.8) is 0 Å². The maximum absolute atomic E-state index is 4.41. The standard InChI is InChI=1S/C12H19N3/c1-10(12-5-3-4-7-14-12)15(2)11-6-8-13-9-11/h3-5,7,10-11,13H,6,8-9H2,1-2H3/t10?,11-/m1/s1. The molecule has 0 bridgehead atoms. The van der Waals surface area contributed by atoms with Crippen LogP contribution in [-0.2, 0) is 0 Å². The van der Waals surface area contributed by atoms with Gasteiger partial charge in [-0.1, -0.05) is 6.07 Å². The number of hydrogen-bond acceptors (Lipinski definition) is 3. The van der Waals surface area contributed by atoms with Crippen molar-refractivity contribution in [2.45, 2.75) is 25.4 Å². The number of hydrogen-bond donors (Lipinski definition) is 1. The van der Waals surface area contributed by atoms with Crippen molar-refractivity contribution in [3.8, 4) is 0 Å². The van der Waals surface area contributed by atoms with Crippen LogP contribution in [0.5, 0.6) is 0 Å². The molecule has 1 aromatic heterocycles. The summed E-state index contributed by atoms with van der Waals surface area (Å²) in [6.07, 6.45) is 3.11. The van der Waals surface area contributed by atoms with Gasteiger partial charge >= 0.3 is 0 Å². The van der Waals surface area contributed by atoms with Gasteiger partial charge in [0.15, 0.2) is 0 Å². The van der Waals surface area contributed by atoms with Crippen molar-refractivity contribution in [1.82, 2.24) is 15.2 Å². The summed E-state index contributed by atoms with van der Waals surface area (Å²) in [5.74, 6) is 0. The summed E-state index contributed by atoms with van der Waals surface area (Å²) in [4.78, 5) is 6.83. The number of aromatic nitrogens is 1. The van der Waals surface area contributed by atoms with E-state index in [1.54, 1.807) is 0 Å². The van der Waals surface area contributed by atoms with Gasteiger partial charge in [-0.2, -0.15) is 0 Å². The fraction of sp³-hybridized carbons (Fsp3) is 0.583. The lowest BCUT2D eigenvalue weighted by atomic mass is 10.1. The Bertz CT molecular complexity index is 293. The Morgan fingerprint density at radius 1 is 1.53 bits per heavy atom. The first-order chi connectivity index (χ1) is 7.29. The first-order valence-corrected chi connectivity index (χ1v) is 5.62. The molecule has 3 nitrogen and oxygen atoms in total. The third-order valence-corrected chi connectivity index (χ3v) is 3.34. The van der Waals surface area contributed by atoms with E-state index in [0.29, 0.717) is 12.1 Å². The molecule has 1 saturated heterocycles. The zero-order valence-electron chi connectivity index (χ0n) is 9.48. The second kappa shape index (κ2) is 4.73. The third-order valence-electron chi connectivity index (χ3n) is 3.34. The molecule has 1 aliphatic rings. The molecule has 1 unspecified atom stereocenters. The number of pyridine rings is 1. The molecule has 0 aliphatic carbocycles. The fourth-order valence-electron chi connectivity index (χ4n) is 2.13. The molecule has 1 aliphatic heterocycles. The zero-order valence-corrected chi connectivity index (χ0v) is 9.48. The van der Waals surface area contributed by atoms with E-state index >= 15 is 0 Å². The predicted octanol–water partition coefficient (Wildman–Crippen LogP) is 1.44. The van der Waals surface area contributed by atoms with Gasteiger partial charge in [0.05, 0.1) is 5.69 Å².